The fourth-order valence-electron chi connectivity index (χ4n) is 4.37. The van der Waals surface area contributed by atoms with Crippen LogP contribution in [0.2, 0.25) is 0 Å². The van der Waals surface area contributed by atoms with Gasteiger partial charge in [-0.2, -0.15) is 0 Å². The molecule has 2 heterocycles. The minimum atomic E-state index is -0.443. The highest BCUT2D eigenvalue weighted by Crippen LogP contribution is 2.31. The summed E-state index contributed by atoms with van der Waals surface area (Å²) in [5.41, 5.74) is 1.83. The molecule has 0 unspecified atom stereocenters. The van der Waals surface area contributed by atoms with Gasteiger partial charge < -0.3 is 18.9 Å². The van der Waals surface area contributed by atoms with Crippen LogP contribution in [-0.4, -0.2) is 42.8 Å². The Kier molecular flexibility index (Phi) is 6.56. The Morgan fingerprint density at radius 1 is 1.03 bits per heavy atom. The molecular formula is C25H29FN2O3. The SMILES string of the molecule is COc1c(-c2ccc(OCCCN3CCCCC3)cc2)n(C)c2ccc(F)cc2c1=O. The highest BCUT2D eigenvalue weighted by atomic mass is 19.1. The molecule has 0 atom stereocenters. The van der Waals surface area contributed by atoms with Crippen LogP contribution in [0.1, 0.15) is 25.7 Å². The number of rotatable bonds is 7. The lowest BCUT2D eigenvalue weighted by molar-refractivity contribution is 0.205. The molecule has 0 bridgehead atoms. The van der Waals surface area contributed by atoms with Crippen LogP contribution in [0.5, 0.6) is 11.5 Å². The molecule has 6 heteroatoms. The van der Waals surface area contributed by atoms with Crippen LogP contribution >= 0.6 is 0 Å². The van der Waals surface area contributed by atoms with E-state index in [2.05, 4.69) is 4.90 Å². The highest BCUT2D eigenvalue weighted by Gasteiger charge is 2.18. The molecule has 4 rings (SSSR count). The molecule has 2 aromatic carbocycles. The van der Waals surface area contributed by atoms with E-state index in [0.717, 1.165) is 24.3 Å². The summed E-state index contributed by atoms with van der Waals surface area (Å²) in [6.45, 7) is 4.16. The van der Waals surface area contributed by atoms with Gasteiger partial charge in [0.15, 0.2) is 5.75 Å². The Hall–Kier alpha value is -2.86. The van der Waals surface area contributed by atoms with Gasteiger partial charge in [0.25, 0.3) is 0 Å². The van der Waals surface area contributed by atoms with Crippen LogP contribution < -0.4 is 14.9 Å². The summed E-state index contributed by atoms with van der Waals surface area (Å²) in [4.78, 5) is 15.4. The monoisotopic (exact) mass is 424 g/mol. The third kappa shape index (κ3) is 4.59. The molecule has 0 saturated carbocycles. The van der Waals surface area contributed by atoms with Crippen LogP contribution in [0.15, 0.2) is 47.3 Å². The number of piperidine rings is 1. The maximum absolute atomic E-state index is 13.7. The number of fused-ring (bicyclic) bond motifs is 1. The molecule has 0 aliphatic carbocycles. The summed E-state index contributed by atoms with van der Waals surface area (Å²) in [5, 5.41) is 0.303. The van der Waals surface area contributed by atoms with Crippen molar-refractivity contribution in [1.29, 1.82) is 0 Å². The van der Waals surface area contributed by atoms with E-state index in [4.69, 9.17) is 9.47 Å². The van der Waals surface area contributed by atoms with E-state index in [1.165, 1.54) is 51.6 Å². The van der Waals surface area contributed by atoms with Gasteiger partial charge in [-0.15, -0.1) is 0 Å². The highest BCUT2D eigenvalue weighted by molar-refractivity contribution is 5.86. The number of aryl methyl sites for hydroxylation is 1. The molecule has 164 valence electrons. The van der Waals surface area contributed by atoms with E-state index in [0.29, 0.717) is 23.2 Å². The fraction of sp³-hybridized carbons (Fsp3) is 0.400. The van der Waals surface area contributed by atoms with Crippen LogP contribution in [0.25, 0.3) is 22.2 Å². The summed E-state index contributed by atoms with van der Waals surface area (Å²) in [6, 6.07) is 11.9. The quantitative estimate of drug-likeness (QED) is 0.520. The predicted octanol–water partition coefficient (Wildman–Crippen LogP) is 4.61. The first-order valence-electron chi connectivity index (χ1n) is 10.9. The zero-order valence-electron chi connectivity index (χ0n) is 18.2. The van der Waals surface area contributed by atoms with E-state index >= 15 is 0 Å². The molecule has 1 aromatic heterocycles. The maximum atomic E-state index is 13.7. The van der Waals surface area contributed by atoms with Gasteiger partial charge in [-0.1, -0.05) is 6.42 Å². The number of pyridine rings is 1. The number of hydrogen-bond acceptors (Lipinski definition) is 4. The van der Waals surface area contributed by atoms with E-state index in [1.807, 2.05) is 35.9 Å². The summed E-state index contributed by atoms with van der Waals surface area (Å²) in [7, 11) is 3.31. The van der Waals surface area contributed by atoms with Crippen molar-refractivity contribution in [2.45, 2.75) is 25.7 Å². The Morgan fingerprint density at radius 3 is 2.48 bits per heavy atom. The molecule has 1 aliphatic rings. The number of nitrogens with zero attached hydrogens (tertiary/aromatic N) is 2. The van der Waals surface area contributed by atoms with Gasteiger partial charge in [0.2, 0.25) is 5.43 Å². The third-order valence-corrected chi connectivity index (χ3v) is 5.99. The largest absolute Gasteiger partial charge is 0.494 e. The number of hydrogen-bond donors (Lipinski definition) is 0. The molecule has 5 nitrogen and oxygen atoms in total. The topological polar surface area (TPSA) is 43.7 Å². The predicted molar refractivity (Wildman–Crippen MR) is 122 cm³/mol. The average molecular weight is 425 g/mol. The molecule has 1 aliphatic heterocycles. The first-order valence-corrected chi connectivity index (χ1v) is 10.9. The standard InChI is InChI=1S/C25H29FN2O3/c1-27-22-12-9-19(26)17-21(22)24(29)25(30-2)23(27)18-7-10-20(11-8-18)31-16-6-15-28-13-4-3-5-14-28/h7-12,17H,3-6,13-16H2,1-2H3. The summed E-state index contributed by atoms with van der Waals surface area (Å²) < 4.78 is 26.9. The van der Waals surface area contributed by atoms with Gasteiger partial charge >= 0.3 is 0 Å². The van der Waals surface area contributed by atoms with Crippen molar-refractivity contribution in [2.75, 3.05) is 33.4 Å². The van der Waals surface area contributed by atoms with Crippen molar-refractivity contribution in [3.63, 3.8) is 0 Å². The fourth-order valence-corrected chi connectivity index (χ4v) is 4.37. The van der Waals surface area contributed by atoms with E-state index in [9.17, 15) is 9.18 Å². The number of aromatic nitrogens is 1. The molecule has 3 aromatic rings. The second-order valence-electron chi connectivity index (χ2n) is 8.06. The minimum Gasteiger partial charge on any atom is -0.494 e. The molecule has 1 saturated heterocycles. The zero-order valence-corrected chi connectivity index (χ0v) is 18.2. The van der Waals surface area contributed by atoms with Gasteiger partial charge in [-0.05, 0) is 74.8 Å². The minimum absolute atomic E-state index is 0.204. The second-order valence-corrected chi connectivity index (χ2v) is 8.06. The molecule has 1 fully saturated rings. The lowest BCUT2D eigenvalue weighted by Gasteiger charge is -2.26. The maximum Gasteiger partial charge on any atom is 0.231 e. The van der Waals surface area contributed by atoms with Gasteiger partial charge in [-0.25, -0.2) is 4.39 Å². The smallest absolute Gasteiger partial charge is 0.231 e. The first kappa shape index (κ1) is 21.4. The molecule has 31 heavy (non-hydrogen) atoms. The lowest BCUT2D eigenvalue weighted by atomic mass is 10.1. The Bertz CT molecular complexity index is 1100. The van der Waals surface area contributed by atoms with E-state index in [1.54, 1.807) is 6.07 Å². The number of methoxy groups -OCH3 is 1. The van der Waals surface area contributed by atoms with Gasteiger partial charge in [0.1, 0.15) is 11.6 Å². The molecule has 0 N–H and O–H groups in total. The number of likely N-dealkylation sites (tertiary alicyclic amines) is 1. The Labute approximate surface area is 182 Å². The van der Waals surface area contributed by atoms with Gasteiger partial charge in [0, 0.05) is 19.2 Å². The van der Waals surface area contributed by atoms with Crippen LogP contribution in [0.3, 0.4) is 0 Å². The third-order valence-electron chi connectivity index (χ3n) is 5.99. The van der Waals surface area contributed by atoms with Crippen molar-refractivity contribution in [3.05, 3.63) is 58.5 Å². The van der Waals surface area contributed by atoms with Crippen molar-refractivity contribution in [3.8, 4) is 22.8 Å². The van der Waals surface area contributed by atoms with E-state index in [-0.39, 0.29) is 11.2 Å². The normalized spacial score (nSPS) is 14.7. The van der Waals surface area contributed by atoms with Crippen LogP contribution in [0.4, 0.5) is 4.39 Å². The zero-order chi connectivity index (χ0) is 21.8. The number of benzene rings is 2. The van der Waals surface area contributed by atoms with Gasteiger partial charge in [0.05, 0.1) is 30.3 Å². The lowest BCUT2D eigenvalue weighted by Crippen LogP contribution is -2.31. The summed E-state index contributed by atoms with van der Waals surface area (Å²) >= 11 is 0. The van der Waals surface area contributed by atoms with Crippen molar-refractivity contribution in [1.82, 2.24) is 9.47 Å². The number of ether oxygens (including phenoxy) is 2. The number of halogens is 1. The average Bonchev–Trinajstić information content (AvgIpc) is 2.80. The molecule has 0 amide bonds. The molecular weight excluding hydrogens is 395 g/mol. The Balaban J connectivity index is 1.51. The van der Waals surface area contributed by atoms with E-state index < -0.39 is 5.82 Å². The first-order chi connectivity index (χ1) is 15.1. The summed E-state index contributed by atoms with van der Waals surface area (Å²) in [5.74, 6) is 0.561. The van der Waals surface area contributed by atoms with Crippen molar-refractivity contribution in [2.24, 2.45) is 7.05 Å². The van der Waals surface area contributed by atoms with Crippen LogP contribution in [0, 0.1) is 5.82 Å². The second kappa shape index (κ2) is 9.52. The van der Waals surface area contributed by atoms with Crippen molar-refractivity contribution < 1.29 is 13.9 Å². The van der Waals surface area contributed by atoms with Gasteiger partial charge in [-0.3, -0.25) is 4.79 Å². The Morgan fingerprint density at radius 2 is 1.77 bits per heavy atom. The summed E-state index contributed by atoms with van der Waals surface area (Å²) in [6.07, 6.45) is 4.96. The molecule has 0 spiro atoms. The van der Waals surface area contributed by atoms with Crippen LogP contribution in [-0.2, 0) is 7.05 Å². The molecule has 0 radical (unpaired) electrons. The van der Waals surface area contributed by atoms with Crippen molar-refractivity contribution >= 4 is 10.9 Å².